The van der Waals surface area contributed by atoms with Crippen LogP contribution in [0.15, 0.2) is 22.8 Å². The number of hydrogen-bond donors (Lipinski definition) is 1. The van der Waals surface area contributed by atoms with Crippen LogP contribution in [0.5, 0.6) is 0 Å². The third-order valence-electron chi connectivity index (χ3n) is 3.27. The number of unbranched alkanes of at least 4 members (excludes halogenated alkanes) is 2. The molecule has 0 bridgehead atoms. The second-order valence-electron chi connectivity index (χ2n) is 4.99. The molecule has 0 saturated carbocycles. The Labute approximate surface area is 138 Å². The van der Waals surface area contributed by atoms with Gasteiger partial charge in [0.1, 0.15) is 4.32 Å². The van der Waals surface area contributed by atoms with E-state index in [0.29, 0.717) is 17.4 Å². The maximum absolute atomic E-state index is 12.3. The molecular weight excluding hydrogens is 324 g/mol. The van der Waals surface area contributed by atoms with Gasteiger partial charge in [-0.25, -0.2) is 0 Å². The third kappa shape index (κ3) is 4.82. The van der Waals surface area contributed by atoms with E-state index in [2.05, 4.69) is 4.90 Å². The van der Waals surface area contributed by atoms with Gasteiger partial charge in [0.15, 0.2) is 5.76 Å². The first kappa shape index (κ1) is 17.0. The summed E-state index contributed by atoms with van der Waals surface area (Å²) in [5, 5.41) is 8.60. The van der Waals surface area contributed by atoms with Gasteiger partial charge in [-0.1, -0.05) is 30.4 Å². The summed E-state index contributed by atoms with van der Waals surface area (Å²) in [6.07, 6.45) is 4.13. The summed E-state index contributed by atoms with van der Waals surface area (Å²) in [5.41, 5.74) is 0. The summed E-state index contributed by atoms with van der Waals surface area (Å²) in [6.45, 7) is 1.27. The normalized spacial score (nSPS) is 16.0. The van der Waals surface area contributed by atoms with E-state index in [9.17, 15) is 9.59 Å². The molecule has 6 nitrogen and oxygen atoms in total. The number of thiocarbonyl (C=S) groups is 1. The number of carboxylic acids is 1. The highest BCUT2D eigenvalue weighted by Crippen LogP contribution is 2.21. The van der Waals surface area contributed by atoms with Gasteiger partial charge < -0.3 is 9.52 Å². The molecule has 1 fully saturated rings. The molecule has 1 N–H and O–H groups in total. The van der Waals surface area contributed by atoms with E-state index in [1.165, 1.54) is 18.0 Å². The summed E-state index contributed by atoms with van der Waals surface area (Å²) in [4.78, 5) is 26.4. The zero-order chi connectivity index (χ0) is 15.9. The molecule has 1 aliphatic rings. The molecule has 0 radical (unpaired) electrons. The van der Waals surface area contributed by atoms with Crippen molar-refractivity contribution in [1.82, 2.24) is 9.80 Å². The molecule has 120 valence electrons. The van der Waals surface area contributed by atoms with Crippen LogP contribution in [0, 0.1) is 0 Å². The molecule has 1 aromatic rings. The lowest BCUT2D eigenvalue weighted by atomic mass is 10.2. The monoisotopic (exact) mass is 342 g/mol. The van der Waals surface area contributed by atoms with E-state index in [4.69, 9.17) is 21.7 Å². The number of hydrogen-bond acceptors (Lipinski definition) is 6. The van der Waals surface area contributed by atoms with E-state index in [-0.39, 0.29) is 18.1 Å². The first-order valence-electron chi connectivity index (χ1n) is 7.04. The molecule has 0 aliphatic carbocycles. The predicted molar refractivity (Wildman–Crippen MR) is 87.6 cm³/mol. The first-order valence-corrected chi connectivity index (χ1v) is 8.43. The molecule has 0 atom stereocenters. The van der Waals surface area contributed by atoms with Crippen LogP contribution in [0.3, 0.4) is 0 Å². The number of aliphatic carboxylic acids is 1. The van der Waals surface area contributed by atoms with Crippen molar-refractivity contribution >= 4 is 40.2 Å². The lowest BCUT2D eigenvalue weighted by Crippen LogP contribution is -2.47. The molecule has 0 unspecified atom stereocenters. The molecule has 1 amide bonds. The molecule has 0 aromatic carbocycles. The van der Waals surface area contributed by atoms with Crippen molar-refractivity contribution in [2.24, 2.45) is 0 Å². The molecule has 0 spiro atoms. The average molecular weight is 342 g/mol. The Morgan fingerprint density at radius 3 is 2.86 bits per heavy atom. The van der Waals surface area contributed by atoms with E-state index < -0.39 is 5.97 Å². The standard InChI is InChI=1S/C14H18N2O4S2/c17-12(18)6-2-1-3-7-15-9-16(14(21)22-10-15)13(19)11-5-4-8-20-11/h4-5,8H,1-3,6-7,9-10H2,(H,17,18). The maximum atomic E-state index is 12.3. The summed E-state index contributed by atoms with van der Waals surface area (Å²) in [5.74, 6) is 0.0538. The fourth-order valence-electron chi connectivity index (χ4n) is 2.13. The lowest BCUT2D eigenvalue weighted by molar-refractivity contribution is -0.137. The number of carbonyl (C=O) groups is 2. The largest absolute Gasteiger partial charge is 0.481 e. The predicted octanol–water partition coefficient (Wildman–Crippen LogP) is 2.62. The number of amides is 1. The number of rotatable bonds is 7. The molecule has 22 heavy (non-hydrogen) atoms. The van der Waals surface area contributed by atoms with Gasteiger partial charge in [0, 0.05) is 13.0 Å². The fourth-order valence-corrected chi connectivity index (χ4v) is 3.23. The Kier molecular flexibility index (Phi) is 6.41. The lowest BCUT2D eigenvalue weighted by Gasteiger charge is -2.34. The minimum absolute atomic E-state index is 0.210. The number of furan rings is 1. The van der Waals surface area contributed by atoms with Crippen LogP contribution >= 0.6 is 24.0 Å². The van der Waals surface area contributed by atoms with Gasteiger partial charge in [-0.05, 0) is 25.0 Å². The summed E-state index contributed by atoms with van der Waals surface area (Å²) < 4.78 is 5.69. The highest BCUT2D eigenvalue weighted by molar-refractivity contribution is 8.23. The molecule has 2 rings (SSSR count). The van der Waals surface area contributed by atoms with Crippen LogP contribution in [0.2, 0.25) is 0 Å². The van der Waals surface area contributed by atoms with Crippen LogP contribution in [0.25, 0.3) is 0 Å². The average Bonchev–Trinajstić information content (AvgIpc) is 3.01. The first-order chi connectivity index (χ1) is 10.6. The minimum atomic E-state index is -0.755. The Morgan fingerprint density at radius 2 is 2.18 bits per heavy atom. The smallest absolute Gasteiger partial charge is 0.303 e. The SMILES string of the molecule is O=C(O)CCCCCN1CSC(=S)N(C(=O)c2ccco2)C1. The van der Waals surface area contributed by atoms with Gasteiger partial charge in [-0.3, -0.25) is 19.4 Å². The van der Waals surface area contributed by atoms with Gasteiger partial charge >= 0.3 is 5.97 Å². The van der Waals surface area contributed by atoms with Crippen molar-refractivity contribution in [3.8, 4) is 0 Å². The van der Waals surface area contributed by atoms with Crippen LogP contribution in [0.1, 0.15) is 36.2 Å². The van der Waals surface area contributed by atoms with Crippen molar-refractivity contribution in [2.45, 2.75) is 25.7 Å². The Bertz CT molecular complexity index is 533. The van der Waals surface area contributed by atoms with Gasteiger partial charge in [0.2, 0.25) is 0 Å². The van der Waals surface area contributed by atoms with Crippen LogP contribution in [-0.4, -0.2) is 50.2 Å². The number of thioether (sulfide) groups is 1. The van der Waals surface area contributed by atoms with Crippen molar-refractivity contribution in [1.29, 1.82) is 0 Å². The van der Waals surface area contributed by atoms with E-state index in [1.807, 2.05) is 0 Å². The molecule has 2 heterocycles. The van der Waals surface area contributed by atoms with Crippen molar-refractivity contribution in [3.05, 3.63) is 24.2 Å². The second-order valence-corrected chi connectivity index (χ2v) is 6.57. The summed E-state index contributed by atoms with van der Waals surface area (Å²) in [7, 11) is 0. The van der Waals surface area contributed by atoms with Gasteiger partial charge in [-0.15, -0.1) is 0 Å². The van der Waals surface area contributed by atoms with E-state index in [1.54, 1.807) is 17.0 Å². The van der Waals surface area contributed by atoms with Crippen molar-refractivity contribution in [2.75, 3.05) is 19.1 Å². The summed E-state index contributed by atoms with van der Waals surface area (Å²) in [6, 6.07) is 3.30. The number of nitrogens with zero attached hydrogens (tertiary/aromatic N) is 2. The van der Waals surface area contributed by atoms with E-state index in [0.717, 1.165) is 25.3 Å². The topological polar surface area (TPSA) is 74.0 Å². The molecule has 1 aliphatic heterocycles. The Balaban J connectivity index is 1.79. The third-order valence-corrected chi connectivity index (χ3v) is 4.81. The molecule has 1 saturated heterocycles. The Hall–Kier alpha value is -1.38. The molecule has 8 heteroatoms. The van der Waals surface area contributed by atoms with Gasteiger partial charge in [0.25, 0.3) is 5.91 Å². The van der Waals surface area contributed by atoms with Crippen LogP contribution in [-0.2, 0) is 4.79 Å². The van der Waals surface area contributed by atoms with Crippen molar-refractivity contribution in [3.63, 3.8) is 0 Å². The minimum Gasteiger partial charge on any atom is -0.481 e. The molecule has 1 aromatic heterocycles. The fraction of sp³-hybridized carbons (Fsp3) is 0.500. The maximum Gasteiger partial charge on any atom is 0.303 e. The zero-order valence-corrected chi connectivity index (χ0v) is 13.7. The van der Waals surface area contributed by atoms with Gasteiger partial charge in [0.05, 0.1) is 18.8 Å². The van der Waals surface area contributed by atoms with Crippen molar-refractivity contribution < 1.29 is 19.1 Å². The molecular formula is C14H18N2O4S2. The summed E-state index contributed by atoms with van der Waals surface area (Å²) >= 11 is 6.70. The van der Waals surface area contributed by atoms with Crippen LogP contribution < -0.4 is 0 Å². The number of carbonyl (C=O) groups excluding carboxylic acids is 1. The van der Waals surface area contributed by atoms with E-state index >= 15 is 0 Å². The van der Waals surface area contributed by atoms with Gasteiger partial charge in [-0.2, -0.15) is 0 Å². The van der Waals surface area contributed by atoms with Crippen LogP contribution in [0.4, 0.5) is 0 Å². The Morgan fingerprint density at radius 1 is 1.36 bits per heavy atom. The quantitative estimate of drug-likeness (QED) is 0.603. The highest BCUT2D eigenvalue weighted by Gasteiger charge is 2.28. The number of carboxylic acid groups (broad SMARTS) is 1. The second kappa shape index (κ2) is 8.30. The zero-order valence-electron chi connectivity index (χ0n) is 12.1. The highest BCUT2D eigenvalue weighted by atomic mass is 32.2.